The van der Waals surface area contributed by atoms with Crippen molar-refractivity contribution in [1.29, 1.82) is 0 Å². The fraction of sp³-hybridized carbons (Fsp3) is 0.652. The zero-order chi connectivity index (χ0) is 20.8. The molecule has 5 rings (SSSR count). The number of nitrogens with zero attached hydrogens (tertiary/aromatic N) is 4. The van der Waals surface area contributed by atoms with Crippen LogP contribution in [0.1, 0.15) is 84.9 Å². The molecule has 7 heteroatoms. The number of nitrogens with one attached hydrogen (secondary N) is 1. The summed E-state index contributed by atoms with van der Waals surface area (Å²) in [6.07, 6.45) is 8.63. The standard InChI is InChI=1S/C23H31N5O2/c1-24-22(29)17-12-18(14-9-10-14)25-21-19(17)20(26-27(21)2)16-8-5-11-28(13-16)23(30)15-6-3-4-7-15/h12,14-16H,3-11,13H2,1-2H3,(H,24,29). The number of hydrogen-bond acceptors (Lipinski definition) is 4. The first-order chi connectivity index (χ1) is 14.6. The number of hydrogen-bond donors (Lipinski definition) is 1. The highest BCUT2D eigenvalue weighted by Crippen LogP contribution is 2.41. The number of likely N-dealkylation sites (tertiary alicyclic amines) is 1. The molecular weight excluding hydrogens is 378 g/mol. The van der Waals surface area contributed by atoms with Crippen LogP contribution in [0, 0.1) is 5.92 Å². The van der Waals surface area contributed by atoms with Crippen molar-refractivity contribution >= 4 is 22.8 Å². The molecule has 0 spiro atoms. The molecule has 1 aliphatic heterocycles. The van der Waals surface area contributed by atoms with E-state index >= 15 is 0 Å². The molecule has 3 fully saturated rings. The maximum absolute atomic E-state index is 13.0. The molecule has 1 atom stereocenters. The van der Waals surface area contributed by atoms with E-state index in [2.05, 4.69) is 10.2 Å². The molecule has 2 amide bonds. The maximum Gasteiger partial charge on any atom is 0.251 e. The highest BCUT2D eigenvalue weighted by molar-refractivity contribution is 6.06. The maximum atomic E-state index is 13.0. The Hall–Kier alpha value is -2.44. The van der Waals surface area contributed by atoms with Crippen molar-refractivity contribution in [2.24, 2.45) is 13.0 Å². The first kappa shape index (κ1) is 19.5. The van der Waals surface area contributed by atoms with Gasteiger partial charge in [0.25, 0.3) is 5.91 Å². The summed E-state index contributed by atoms with van der Waals surface area (Å²) < 4.78 is 1.82. The third-order valence-electron chi connectivity index (χ3n) is 7.13. The minimum atomic E-state index is -0.0896. The predicted molar refractivity (Wildman–Crippen MR) is 114 cm³/mol. The van der Waals surface area contributed by atoms with Gasteiger partial charge in [-0.15, -0.1) is 0 Å². The quantitative estimate of drug-likeness (QED) is 0.841. The van der Waals surface area contributed by atoms with Crippen molar-refractivity contribution in [3.05, 3.63) is 23.0 Å². The lowest BCUT2D eigenvalue weighted by atomic mass is 9.90. The number of aromatic nitrogens is 3. The number of fused-ring (bicyclic) bond motifs is 1. The van der Waals surface area contributed by atoms with Gasteiger partial charge in [-0.1, -0.05) is 12.8 Å². The Morgan fingerprint density at radius 2 is 1.83 bits per heavy atom. The summed E-state index contributed by atoms with van der Waals surface area (Å²) in [6, 6.07) is 1.97. The molecule has 0 bridgehead atoms. The number of rotatable bonds is 4. The molecule has 7 nitrogen and oxygen atoms in total. The van der Waals surface area contributed by atoms with E-state index in [0.717, 1.165) is 67.5 Å². The first-order valence-electron chi connectivity index (χ1n) is 11.4. The second-order valence-electron chi connectivity index (χ2n) is 9.26. The van der Waals surface area contributed by atoms with Crippen LogP contribution < -0.4 is 5.32 Å². The second kappa shape index (κ2) is 7.67. The van der Waals surface area contributed by atoms with Crippen molar-refractivity contribution in [1.82, 2.24) is 25.0 Å². The van der Waals surface area contributed by atoms with E-state index in [1.54, 1.807) is 7.05 Å². The minimum Gasteiger partial charge on any atom is -0.355 e. The molecule has 1 unspecified atom stereocenters. The molecule has 1 saturated heterocycles. The molecule has 0 aromatic carbocycles. The van der Waals surface area contributed by atoms with E-state index in [1.807, 2.05) is 17.8 Å². The van der Waals surface area contributed by atoms with Crippen LogP contribution in [-0.2, 0) is 11.8 Å². The molecule has 160 valence electrons. The van der Waals surface area contributed by atoms with Gasteiger partial charge in [0.1, 0.15) is 0 Å². The van der Waals surface area contributed by atoms with E-state index in [1.165, 1.54) is 12.8 Å². The summed E-state index contributed by atoms with van der Waals surface area (Å²) >= 11 is 0. The molecule has 2 aromatic rings. The van der Waals surface area contributed by atoms with Crippen molar-refractivity contribution in [3.63, 3.8) is 0 Å². The average Bonchev–Trinajstić information content (AvgIpc) is 3.38. The van der Waals surface area contributed by atoms with E-state index in [-0.39, 0.29) is 17.7 Å². The van der Waals surface area contributed by atoms with Gasteiger partial charge in [0, 0.05) is 50.6 Å². The van der Waals surface area contributed by atoms with Crippen molar-refractivity contribution in [2.45, 2.75) is 63.2 Å². The Labute approximate surface area is 177 Å². The molecule has 3 heterocycles. The summed E-state index contributed by atoms with van der Waals surface area (Å²) in [5, 5.41) is 8.50. The van der Waals surface area contributed by atoms with Crippen LogP contribution in [0.4, 0.5) is 0 Å². The molecule has 2 saturated carbocycles. The lowest BCUT2D eigenvalue weighted by Gasteiger charge is -2.34. The topological polar surface area (TPSA) is 80.1 Å². The van der Waals surface area contributed by atoms with Crippen LogP contribution in [0.2, 0.25) is 0 Å². The third kappa shape index (κ3) is 3.38. The molecule has 1 N–H and O–H groups in total. The van der Waals surface area contributed by atoms with Crippen LogP contribution in [-0.4, -0.2) is 51.6 Å². The smallest absolute Gasteiger partial charge is 0.251 e. The van der Waals surface area contributed by atoms with E-state index in [4.69, 9.17) is 10.1 Å². The highest BCUT2D eigenvalue weighted by Gasteiger charge is 2.34. The van der Waals surface area contributed by atoms with Crippen LogP contribution in [0.15, 0.2) is 6.07 Å². The van der Waals surface area contributed by atoms with Gasteiger partial charge in [0.15, 0.2) is 5.65 Å². The lowest BCUT2D eigenvalue weighted by Crippen LogP contribution is -2.42. The lowest BCUT2D eigenvalue weighted by molar-refractivity contribution is -0.136. The number of piperidine rings is 1. The summed E-state index contributed by atoms with van der Waals surface area (Å²) in [5.74, 6) is 1.04. The molecule has 0 radical (unpaired) electrons. The van der Waals surface area contributed by atoms with Gasteiger partial charge < -0.3 is 10.2 Å². The summed E-state index contributed by atoms with van der Waals surface area (Å²) in [5.41, 5.74) is 3.38. The molecule has 2 aliphatic carbocycles. The normalized spacial score (nSPS) is 22.6. The van der Waals surface area contributed by atoms with Crippen molar-refractivity contribution < 1.29 is 9.59 Å². The average molecular weight is 410 g/mol. The van der Waals surface area contributed by atoms with E-state index in [9.17, 15) is 9.59 Å². The van der Waals surface area contributed by atoms with Crippen LogP contribution >= 0.6 is 0 Å². The van der Waals surface area contributed by atoms with Gasteiger partial charge in [0.05, 0.1) is 16.6 Å². The summed E-state index contributed by atoms with van der Waals surface area (Å²) in [7, 11) is 3.58. The number of amides is 2. The Bertz CT molecular complexity index is 987. The summed E-state index contributed by atoms with van der Waals surface area (Å²) in [6.45, 7) is 1.53. The van der Waals surface area contributed by atoms with Crippen molar-refractivity contribution in [2.75, 3.05) is 20.1 Å². The van der Waals surface area contributed by atoms with E-state index < -0.39 is 0 Å². The SMILES string of the molecule is CNC(=O)c1cc(C2CC2)nc2c1c(C1CCCN(C(=O)C3CCCC3)C1)nn2C. The van der Waals surface area contributed by atoms with Gasteiger partial charge in [-0.2, -0.15) is 5.10 Å². The fourth-order valence-corrected chi connectivity index (χ4v) is 5.32. The molecule has 30 heavy (non-hydrogen) atoms. The van der Waals surface area contributed by atoms with Crippen LogP contribution in [0.3, 0.4) is 0 Å². The Morgan fingerprint density at radius 1 is 1.07 bits per heavy atom. The fourth-order valence-electron chi connectivity index (χ4n) is 5.32. The number of carbonyl (C=O) groups is 2. The molecule has 2 aromatic heterocycles. The number of pyridine rings is 1. The Morgan fingerprint density at radius 3 is 2.53 bits per heavy atom. The van der Waals surface area contributed by atoms with Crippen LogP contribution in [0.5, 0.6) is 0 Å². The third-order valence-corrected chi connectivity index (χ3v) is 7.13. The summed E-state index contributed by atoms with van der Waals surface area (Å²) in [4.78, 5) is 32.7. The zero-order valence-electron chi connectivity index (χ0n) is 18.0. The van der Waals surface area contributed by atoms with Gasteiger partial charge in [0.2, 0.25) is 5.91 Å². The van der Waals surface area contributed by atoms with Gasteiger partial charge >= 0.3 is 0 Å². The van der Waals surface area contributed by atoms with E-state index in [0.29, 0.717) is 23.9 Å². The second-order valence-corrected chi connectivity index (χ2v) is 9.26. The predicted octanol–water partition coefficient (Wildman–Crippen LogP) is 3.10. The number of aryl methyl sites for hydroxylation is 1. The van der Waals surface area contributed by atoms with Gasteiger partial charge in [-0.05, 0) is 44.6 Å². The Kier molecular flexibility index (Phi) is 4.99. The largest absolute Gasteiger partial charge is 0.355 e. The molecular formula is C23H31N5O2. The monoisotopic (exact) mass is 409 g/mol. The van der Waals surface area contributed by atoms with Crippen LogP contribution in [0.25, 0.3) is 11.0 Å². The van der Waals surface area contributed by atoms with Gasteiger partial charge in [-0.25, -0.2) is 4.98 Å². The van der Waals surface area contributed by atoms with Gasteiger partial charge in [-0.3, -0.25) is 14.3 Å². The Balaban J connectivity index is 1.52. The first-order valence-corrected chi connectivity index (χ1v) is 11.4. The van der Waals surface area contributed by atoms with Crippen molar-refractivity contribution in [3.8, 4) is 0 Å². The number of carbonyl (C=O) groups excluding carboxylic acids is 2. The molecule has 3 aliphatic rings. The minimum absolute atomic E-state index is 0.0896. The highest BCUT2D eigenvalue weighted by atomic mass is 16.2. The zero-order valence-corrected chi connectivity index (χ0v) is 18.0.